The molecule has 2 aromatic rings. The molecule has 2 rings (SSSR count). The largest absolute Gasteiger partial charge is 0.252 e. The monoisotopic (exact) mass is 323 g/mol. The molecule has 0 aliphatic carbocycles. The van der Waals surface area contributed by atoms with E-state index in [9.17, 15) is 8.42 Å². The predicted molar refractivity (Wildman–Crippen MR) is 72.7 cm³/mol. The lowest BCUT2D eigenvalue weighted by molar-refractivity contribution is 0.568. The summed E-state index contributed by atoms with van der Waals surface area (Å²) in [6.45, 7) is 3.61. The maximum absolute atomic E-state index is 12.0. The van der Waals surface area contributed by atoms with Crippen LogP contribution in [0.3, 0.4) is 0 Å². The summed E-state index contributed by atoms with van der Waals surface area (Å²) in [6.07, 6.45) is 1.25. The summed E-state index contributed by atoms with van der Waals surface area (Å²) in [5.74, 6) is 0. The van der Waals surface area contributed by atoms with Crippen LogP contribution in [0.4, 0.5) is 0 Å². The molecule has 1 atom stereocenters. The molecule has 0 fully saturated rings. The van der Waals surface area contributed by atoms with Crippen molar-refractivity contribution in [3.63, 3.8) is 0 Å². The zero-order valence-corrected chi connectivity index (χ0v) is 12.8. The summed E-state index contributed by atoms with van der Waals surface area (Å²) in [4.78, 5) is 7.97. The highest BCUT2D eigenvalue weighted by Crippen LogP contribution is 2.25. The quantitative estimate of drug-likeness (QED) is 0.938. The van der Waals surface area contributed by atoms with Crippen molar-refractivity contribution in [1.29, 1.82) is 0 Å². The van der Waals surface area contributed by atoms with Crippen LogP contribution in [0.5, 0.6) is 0 Å². The van der Waals surface area contributed by atoms with E-state index in [0.717, 1.165) is 22.0 Å². The van der Waals surface area contributed by atoms with Gasteiger partial charge < -0.3 is 0 Å². The van der Waals surface area contributed by atoms with Gasteiger partial charge in [-0.3, -0.25) is 0 Å². The van der Waals surface area contributed by atoms with Gasteiger partial charge in [-0.05, 0) is 13.8 Å². The zero-order chi connectivity index (χ0) is 13.3. The highest BCUT2D eigenvalue weighted by molar-refractivity contribution is 7.91. The Bertz CT molecular complexity index is 650. The maximum atomic E-state index is 12.0. The van der Waals surface area contributed by atoms with E-state index in [2.05, 4.69) is 14.7 Å². The fraction of sp³-hybridized carbons (Fsp3) is 0.333. The highest BCUT2D eigenvalue weighted by Gasteiger charge is 2.22. The number of rotatable bonds is 4. The van der Waals surface area contributed by atoms with Gasteiger partial charge in [0.15, 0.2) is 8.68 Å². The number of aromatic nitrogens is 2. The number of hydrogen-bond acceptors (Lipinski definition) is 6. The standard InChI is InChI=1S/C9H10ClN3O2S3/c1-5-4-16-8(12-5)6(2)13-18(14,15)7-3-11-9(10)17-7/h3-4,6,13H,1-2H3. The second-order valence-corrected chi connectivity index (χ2v) is 8.05. The SMILES string of the molecule is Cc1csc(C(C)NS(=O)(=O)c2cnc(Cl)s2)n1. The van der Waals surface area contributed by atoms with Crippen molar-refractivity contribution < 1.29 is 8.42 Å². The van der Waals surface area contributed by atoms with Gasteiger partial charge in [0.1, 0.15) is 5.01 Å². The molecule has 0 saturated heterocycles. The van der Waals surface area contributed by atoms with Gasteiger partial charge in [-0.1, -0.05) is 22.9 Å². The van der Waals surface area contributed by atoms with Gasteiger partial charge in [-0.25, -0.2) is 23.1 Å². The number of halogens is 1. The Kier molecular flexibility index (Phi) is 4.02. The average Bonchev–Trinajstić information content (AvgIpc) is 2.86. The predicted octanol–water partition coefficient (Wildman–Crippen LogP) is 2.60. The van der Waals surface area contributed by atoms with Crippen LogP contribution in [0, 0.1) is 6.92 Å². The van der Waals surface area contributed by atoms with Gasteiger partial charge >= 0.3 is 0 Å². The molecule has 0 aromatic carbocycles. The topological polar surface area (TPSA) is 72.0 Å². The van der Waals surface area contributed by atoms with E-state index in [-0.39, 0.29) is 14.7 Å². The minimum absolute atomic E-state index is 0.104. The summed E-state index contributed by atoms with van der Waals surface area (Å²) < 4.78 is 26.9. The fourth-order valence-corrected chi connectivity index (χ4v) is 4.67. The Morgan fingerprint density at radius 2 is 2.22 bits per heavy atom. The van der Waals surface area contributed by atoms with Gasteiger partial charge in [0.25, 0.3) is 10.0 Å². The van der Waals surface area contributed by atoms with Gasteiger partial charge in [-0.2, -0.15) is 0 Å². The maximum Gasteiger partial charge on any atom is 0.252 e. The molecule has 0 aliphatic heterocycles. The van der Waals surface area contributed by atoms with Crippen molar-refractivity contribution in [3.8, 4) is 0 Å². The number of hydrogen-bond donors (Lipinski definition) is 1. The van der Waals surface area contributed by atoms with Gasteiger partial charge in [0.2, 0.25) is 0 Å². The first-order valence-corrected chi connectivity index (χ1v) is 8.50. The molecule has 5 nitrogen and oxygen atoms in total. The Morgan fingerprint density at radius 3 is 2.72 bits per heavy atom. The molecule has 2 aromatic heterocycles. The van der Waals surface area contributed by atoms with Gasteiger partial charge in [0, 0.05) is 11.1 Å². The third-order valence-corrected chi connectivity index (χ3v) is 6.32. The first-order valence-electron chi connectivity index (χ1n) is 4.94. The van der Waals surface area contributed by atoms with Crippen molar-refractivity contribution in [2.75, 3.05) is 0 Å². The summed E-state index contributed by atoms with van der Waals surface area (Å²) in [7, 11) is -3.59. The van der Waals surface area contributed by atoms with Crippen molar-refractivity contribution in [2.24, 2.45) is 0 Å². The number of sulfonamides is 1. The Balaban J connectivity index is 2.18. The van der Waals surface area contributed by atoms with Crippen molar-refractivity contribution in [3.05, 3.63) is 26.7 Å². The summed E-state index contributed by atoms with van der Waals surface area (Å²) >= 11 is 7.97. The first kappa shape index (κ1) is 13.9. The molecule has 0 bridgehead atoms. The third kappa shape index (κ3) is 3.07. The lowest BCUT2D eigenvalue weighted by Crippen LogP contribution is -2.26. The molecule has 18 heavy (non-hydrogen) atoms. The lowest BCUT2D eigenvalue weighted by atomic mass is 10.4. The number of aryl methyl sites for hydroxylation is 1. The van der Waals surface area contributed by atoms with Crippen molar-refractivity contribution >= 4 is 44.3 Å². The van der Waals surface area contributed by atoms with Crippen LogP contribution in [0.1, 0.15) is 23.7 Å². The molecule has 2 heterocycles. The summed E-state index contributed by atoms with van der Waals surface area (Å²) in [6, 6.07) is -0.380. The molecule has 9 heteroatoms. The molecular weight excluding hydrogens is 314 g/mol. The molecule has 98 valence electrons. The Labute approximate surface area is 118 Å². The molecule has 0 amide bonds. The van der Waals surface area contributed by atoms with E-state index >= 15 is 0 Å². The fourth-order valence-electron chi connectivity index (χ4n) is 1.28. The van der Waals surface area contributed by atoms with Crippen molar-refractivity contribution in [2.45, 2.75) is 24.1 Å². The Hall–Kier alpha value is -0.540. The van der Waals surface area contributed by atoms with E-state index in [1.807, 2.05) is 12.3 Å². The molecule has 0 radical (unpaired) electrons. The zero-order valence-electron chi connectivity index (χ0n) is 9.55. The van der Waals surface area contributed by atoms with Crippen molar-refractivity contribution in [1.82, 2.24) is 14.7 Å². The van der Waals surface area contributed by atoms with E-state index in [1.165, 1.54) is 17.5 Å². The number of nitrogens with zero attached hydrogens (tertiary/aromatic N) is 2. The van der Waals surface area contributed by atoms with Gasteiger partial charge in [-0.15, -0.1) is 11.3 Å². The Morgan fingerprint density at radius 1 is 1.50 bits per heavy atom. The second-order valence-electron chi connectivity index (χ2n) is 3.60. The molecule has 0 aliphatic rings. The lowest BCUT2D eigenvalue weighted by Gasteiger charge is -2.10. The molecule has 0 spiro atoms. The van der Waals surface area contributed by atoms with E-state index in [0.29, 0.717) is 0 Å². The highest BCUT2D eigenvalue weighted by atomic mass is 35.5. The normalized spacial score (nSPS) is 13.7. The van der Waals surface area contributed by atoms with E-state index in [4.69, 9.17) is 11.6 Å². The van der Waals surface area contributed by atoms with Crippen LogP contribution in [0.2, 0.25) is 4.47 Å². The minimum atomic E-state index is -3.59. The van der Waals surface area contributed by atoms with Crippen LogP contribution < -0.4 is 4.72 Å². The molecule has 1 unspecified atom stereocenters. The van der Waals surface area contributed by atoms with Crippen LogP contribution in [0.25, 0.3) is 0 Å². The van der Waals surface area contributed by atoms with E-state index in [1.54, 1.807) is 6.92 Å². The third-order valence-electron chi connectivity index (χ3n) is 2.06. The molecular formula is C9H10ClN3O2S3. The smallest absolute Gasteiger partial charge is 0.245 e. The number of nitrogens with one attached hydrogen (secondary N) is 1. The average molecular weight is 324 g/mol. The molecule has 0 saturated carbocycles. The van der Waals surface area contributed by atoms with E-state index < -0.39 is 10.0 Å². The van der Waals surface area contributed by atoms with Gasteiger partial charge in [0.05, 0.1) is 12.2 Å². The first-order chi connectivity index (χ1) is 8.38. The summed E-state index contributed by atoms with van der Waals surface area (Å²) in [5.41, 5.74) is 0.877. The summed E-state index contributed by atoms with van der Waals surface area (Å²) in [5, 5.41) is 2.61. The molecule has 1 N–H and O–H groups in total. The van der Waals surface area contributed by atoms with Crippen LogP contribution in [-0.4, -0.2) is 18.4 Å². The number of thiazole rings is 2. The minimum Gasteiger partial charge on any atom is -0.245 e. The van der Waals surface area contributed by atoms with Crippen LogP contribution in [0.15, 0.2) is 15.8 Å². The van der Waals surface area contributed by atoms with Crippen LogP contribution in [-0.2, 0) is 10.0 Å². The second kappa shape index (κ2) is 5.22. The van der Waals surface area contributed by atoms with Crippen LogP contribution >= 0.6 is 34.3 Å².